The number of hydrogen-bond acceptors (Lipinski definition) is 5. The molecule has 0 radical (unpaired) electrons. The van der Waals surface area contributed by atoms with Crippen LogP contribution in [0.1, 0.15) is 15.5 Å². The van der Waals surface area contributed by atoms with Crippen LogP contribution >= 0.6 is 11.3 Å². The van der Waals surface area contributed by atoms with Crippen molar-refractivity contribution in [2.45, 2.75) is 6.92 Å². The summed E-state index contributed by atoms with van der Waals surface area (Å²) < 4.78 is 0. The van der Waals surface area contributed by atoms with Crippen LogP contribution in [0.5, 0.6) is 0 Å². The van der Waals surface area contributed by atoms with Crippen LogP contribution in [0.4, 0.5) is 5.69 Å². The number of anilines is 1. The van der Waals surface area contributed by atoms with Gasteiger partial charge in [-0.15, -0.1) is 11.3 Å². The van der Waals surface area contributed by atoms with Gasteiger partial charge < -0.3 is 5.32 Å². The molecule has 0 atom stereocenters. The number of thiazole rings is 1. The molecular weight excluding hydrogens is 284 g/mol. The van der Waals surface area contributed by atoms with Crippen LogP contribution in [-0.4, -0.2) is 20.9 Å². The number of benzene rings is 1. The van der Waals surface area contributed by atoms with E-state index in [2.05, 4.69) is 20.3 Å². The monoisotopic (exact) mass is 296 g/mol. The number of amides is 1. The van der Waals surface area contributed by atoms with E-state index in [1.807, 2.05) is 36.6 Å². The van der Waals surface area contributed by atoms with E-state index in [1.54, 1.807) is 17.4 Å². The molecule has 6 heteroatoms. The Hall–Kier alpha value is -2.60. The number of aromatic nitrogens is 3. The van der Waals surface area contributed by atoms with Gasteiger partial charge in [-0.2, -0.15) is 0 Å². The fourth-order valence-electron chi connectivity index (χ4n) is 1.87. The van der Waals surface area contributed by atoms with Crippen molar-refractivity contribution in [2.24, 2.45) is 0 Å². The maximum atomic E-state index is 12.1. The third-order valence-corrected chi connectivity index (χ3v) is 3.62. The summed E-state index contributed by atoms with van der Waals surface area (Å²) in [6, 6.07) is 9.16. The highest BCUT2D eigenvalue weighted by atomic mass is 32.1. The van der Waals surface area contributed by atoms with Crippen molar-refractivity contribution in [1.29, 1.82) is 0 Å². The Balaban J connectivity index is 1.82. The largest absolute Gasteiger partial charge is 0.321 e. The first-order valence-corrected chi connectivity index (χ1v) is 7.20. The van der Waals surface area contributed by atoms with Crippen molar-refractivity contribution in [3.63, 3.8) is 0 Å². The molecule has 1 aromatic carbocycles. The Bertz CT molecular complexity index is 770. The molecule has 0 bridgehead atoms. The highest BCUT2D eigenvalue weighted by Gasteiger charge is 2.08. The Morgan fingerprint density at radius 2 is 2.19 bits per heavy atom. The minimum atomic E-state index is -0.260. The van der Waals surface area contributed by atoms with Gasteiger partial charge in [0.1, 0.15) is 12.0 Å². The smallest absolute Gasteiger partial charge is 0.274 e. The van der Waals surface area contributed by atoms with Gasteiger partial charge in [0.2, 0.25) is 0 Å². The van der Waals surface area contributed by atoms with Gasteiger partial charge in [0.15, 0.2) is 0 Å². The second kappa shape index (κ2) is 5.80. The van der Waals surface area contributed by atoms with Crippen molar-refractivity contribution in [3.8, 4) is 11.3 Å². The lowest BCUT2D eigenvalue weighted by Crippen LogP contribution is -2.13. The van der Waals surface area contributed by atoms with Gasteiger partial charge in [0, 0.05) is 22.8 Å². The first-order valence-electron chi connectivity index (χ1n) is 6.32. The van der Waals surface area contributed by atoms with E-state index < -0.39 is 0 Å². The molecule has 0 aliphatic heterocycles. The average Bonchev–Trinajstić information content (AvgIpc) is 2.95. The topological polar surface area (TPSA) is 67.8 Å². The molecule has 5 nitrogen and oxygen atoms in total. The lowest BCUT2D eigenvalue weighted by atomic mass is 10.1. The fourth-order valence-corrected chi connectivity index (χ4v) is 2.49. The number of carbonyl (C=O) groups is 1. The predicted molar refractivity (Wildman–Crippen MR) is 82.3 cm³/mol. The van der Waals surface area contributed by atoms with Crippen LogP contribution in [0, 0.1) is 6.92 Å². The summed E-state index contributed by atoms with van der Waals surface area (Å²) in [5.41, 5.74) is 2.93. The molecule has 1 N–H and O–H groups in total. The first-order chi connectivity index (χ1) is 10.2. The highest BCUT2D eigenvalue weighted by molar-refractivity contribution is 7.09. The van der Waals surface area contributed by atoms with Crippen molar-refractivity contribution in [2.75, 3.05) is 5.32 Å². The zero-order valence-corrected chi connectivity index (χ0v) is 12.1. The zero-order chi connectivity index (χ0) is 14.7. The van der Waals surface area contributed by atoms with E-state index in [1.165, 1.54) is 12.5 Å². The standard InChI is InChI=1S/C15H12N4OS/c1-10-18-14(8-21-10)11-3-2-4-12(7-11)19-15(20)13-5-6-16-9-17-13/h2-9H,1H3,(H,19,20). The minimum Gasteiger partial charge on any atom is -0.321 e. The Labute approximate surface area is 125 Å². The SMILES string of the molecule is Cc1nc(-c2cccc(NC(=O)c3ccncn3)c2)cs1. The van der Waals surface area contributed by atoms with Gasteiger partial charge in [-0.05, 0) is 25.1 Å². The second-order valence-corrected chi connectivity index (χ2v) is 5.44. The van der Waals surface area contributed by atoms with E-state index in [-0.39, 0.29) is 5.91 Å². The van der Waals surface area contributed by atoms with Crippen molar-refractivity contribution >= 4 is 22.9 Å². The molecule has 0 aliphatic rings. The molecule has 0 aliphatic carbocycles. The number of nitrogens with one attached hydrogen (secondary N) is 1. The van der Waals surface area contributed by atoms with Crippen LogP contribution in [0.15, 0.2) is 48.2 Å². The summed E-state index contributed by atoms with van der Waals surface area (Å²) in [4.78, 5) is 24.2. The summed E-state index contributed by atoms with van der Waals surface area (Å²) in [7, 11) is 0. The summed E-state index contributed by atoms with van der Waals surface area (Å²) in [6.45, 7) is 1.97. The molecule has 2 aromatic heterocycles. The normalized spacial score (nSPS) is 10.3. The van der Waals surface area contributed by atoms with Crippen LogP contribution in [0.2, 0.25) is 0 Å². The van der Waals surface area contributed by atoms with E-state index in [9.17, 15) is 4.79 Å². The predicted octanol–water partition coefficient (Wildman–Crippen LogP) is 3.16. The summed E-state index contributed by atoms with van der Waals surface area (Å²) >= 11 is 1.60. The Kier molecular flexibility index (Phi) is 3.70. The van der Waals surface area contributed by atoms with Crippen molar-refractivity contribution in [3.05, 3.63) is 58.9 Å². The molecule has 3 rings (SSSR count). The lowest BCUT2D eigenvalue weighted by molar-refractivity contribution is 0.102. The Morgan fingerprint density at radius 1 is 1.29 bits per heavy atom. The molecular formula is C15H12N4OS. The molecule has 0 fully saturated rings. The number of nitrogens with zero attached hydrogens (tertiary/aromatic N) is 3. The minimum absolute atomic E-state index is 0.260. The summed E-state index contributed by atoms with van der Waals surface area (Å²) in [5, 5.41) is 5.84. The number of rotatable bonds is 3. The van der Waals surface area contributed by atoms with E-state index in [0.29, 0.717) is 11.4 Å². The first kappa shape index (κ1) is 13.4. The lowest BCUT2D eigenvalue weighted by Gasteiger charge is -2.06. The van der Waals surface area contributed by atoms with E-state index >= 15 is 0 Å². The quantitative estimate of drug-likeness (QED) is 0.806. The van der Waals surface area contributed by atoms with Crippen LogP contribution in [0.25, 0.3) is 11.3 Å². The molecule has 0 saturated carbocycles. The van der Waals surface area contributed by atoms with E-state index in [4.69, 9.17) is 0 Å². The summed E-state index contributed by atoms with van der Waals surface area (Å²) in [6.07, 6.45) is 2.89. The van der Waals surface area contributed by atoms with Gasteiger partial charge in [0.25, 0.3) is 5.91 Å². The van der Waals surface area contributed by atoms with Crippen LogP contribution in [0.3, 0.4) is 0 Å². The Morgan fingerprint density at radius 3 is 2.90 bits per heavy atom. The van der Waals surface area contributed by atoms with Crippen LogP contribution in [-0.2, 0) is 0 Å². The van der Waals surface area contributed by atoms with Gasteiger partial charge in [-0.25, -0.2) is 15.0 Å². The van der Waals surface area contributed by atoms with Gasteiger partial charge in [-0.3, -0.25) is 4.79 Å². The molecule has 21 heavy (non-hydrogen) atoms. The van der Waals surface area contributed by atoms with Gasteiger partial charge >= 0.3 is 0 Å². The van der Waals surface area contributed by atoms with Gasteiger partial charge in [0.05, 0.1) is 10.7 Å². The van der Waals surface area contributed by atoms with Crippen LogP contribution < -0.4 is 5.32 Å². The average molecular weight is 296 g/mol. The fraction of sp³-hybridized carbons (Fsp3) is 0.0667. The number of aryl methyl sites for hydroxylation is 1. The van der Waals surface area contributed by atoms with Crippen molar-refractivity contribution < 1.29 is 4.79 Å². The second-order valence-electron chi connectivity index (χ2n) is 4.38. The number of hydrogen-bond donors (Lipinski definition) is 1. The summed E-state index contributed by atoms with van der Waals surface area (Å²) in [5.74, 6) is -0.260. The zero-order valence-electron chi connectivity index (χ0n) is 11.3. The molecule has 0 saturated heterocycles. The third kappa shape index (κ3) is 3.11. The molecule has 104 valence electrons. The highest BCUT2D eigenvalue weighted by Crippen LogP contribution is 2.24. The van der Waals surface area contributed by atoms with E-state index in [0.717, 1.165) is 16.3 Å². The molecule has 0 spiro atoms. The number of carbonyl (C=O) groups excluding carboxylic acids is 1. The molecule has 2 heterocycles. The molecule has 3 aromatic rings. The molecule has 0 unspecified atom stereocenters. The maximum absolute atomic E-state index is 12.1. The van der Waals surface area contributed by atoms with Crippen molar-refractivity contribution in [1.82, 2.24) is 15.0 Å². The maximum Gasteiger partial charge on any atom is 0.274 e. The van der Waals surface area contributed by atoms with Gasteiger partial charge in [-0.1, -0.05) is 12.1 Å². The third-order valence-electron chi connectivity index (χ3n) is 2.85. The molecule has 1 amide bonds.